The number of halogens is 4. The Hall–Kier alpha value is -1.55. The zero-order chi connectivity index (χ0) is 17.6. The Morgan fingerprint density at radius 2 is 1.87 bits per heavy atom. The highest BCUT2D eigenvalue weighted by Crippen LogP contribution is 2.36. The number of hydrogen-bond acceptors (Lipinski definition) is 3. The van der Waals surface area contributed by atoms with Crippen molar-refractivity contribution < 1.29 is 21.6 Å². The predicted octanol–water partition coefficient (Wildman–Crippen LogP) is 3.62. The minimum Gasteiger partial charge on any atom is -0.280 e. The van der Waals surface area contributed by atoms with Crippen LogP contribution < -0.4 is 4.72 Å². The topological polar surface area (TPSA) is 64.0 Å². The molecular weight excluding hydrogens is 399 g/mol. The first kappa shape index (κ1) is 17.8. The van der Waals surface area contributed by atoms with E-state index in [9.17, 15) is 21.6 Å². The van der Waals surface area contributed by atoms with E-state index in [1.54, 1.807) is 14.0 Å². The maximum Gasteiger partial charge on any atom is 0.417 e. The van der Waals surface area contributed by atoms with Gasteiger partial charge in [0.1, 0.15) is 4.90 Å². The minimum atomic E-state index is -4.60. The second kappa shape index (κ2) is 5.82. The SMILES string of the molecule is Cc1nn(C)c(C)c1S(=O)(=O)Nc1ccc(Br)c(C(F)(F)F)c1. The Morgan fingerprint density at radius 3 is 2.35 bits per heavy atom. The lowest BCUT2D eigenvalue weighted by atomic mass is 10.2. The van der Waals surface area contributed by atoms with E-state index in [0.717, 1.165) is 12.1 Å². The summed E-state index contributed by atoms with van der Waals surface area (Å²) in [5, 5.41) is 4.00. The number of anilines is 1. The number of nitrogens with one attached hydrogen (secondary N) is 1. The molecule has 0 radical (unpaired) electrons. The van der Waals surface area contributed by atoms with Crippen LogP contribution in [0.5, 0.6) is 0 Å². The van der Waals surface area contributed by atoms with Crippen molar-refractivity contribution >= 4 is 31.6 Å². The van der Waals surface area contributed by atoms with Gasteiger partial charge in [0.2, 0.25) is 0 Å². The summed E-state index contributed by atoms with van der Waals surface area (Å²) in [5.41, 5.74) is -0.477. The van der Waals surface area contributed by atoms with Crippen LogP contribution in [0.25, 0.3) is 0 Å². The first-order valence-electron chi connectivity index (χ1n) is 6.33. The monoisotopic (exact) mass is 411 g/mol. The second-order valence-corrected chi connectivity index (χ2v) is 7.40. The molecule has 0 saturated carbocycles. The highest BCUT2D eigenvalue weighted by Gasteiger charge is 2.33. The number of hydrogen-bond donors (Lipinski definition) is 1. The van der Waals surface area contributed by atoms with Crippen molar-refractivity contribution in [3.63, 3.8) is 0 Å². The molecule has 0 unspecified atom stereocenters. The molecular formula is C13H13BrF3N3O2S. The van der Waals surface area contributed by atoms with Crippen molar-refractivity contribution in [3.8, 4) is 0 Å². The fourth-order valence-electron chi connectivity index (χ4n) is 2.16. The van der Waals surface area contributed by atoms with Gasteiger partial charge in [-0.25, -0.2) is 8.42 Å². The summed E-state index contributed by atoms with van der Waals surface area (Å²) in [6.45, 7) is 3.08. The van der Waals surface area contributed by atoms with E-state index in [-0.39, 0.29) is 20.7 Å². The molecule has 2 aromatic rings. The first-order chi connectivity index (χ1) is 10.4. The smallest absolute Gasteiger partial charge is 0.280 e. The van der Waals surface area contributed by atoms with Crippen LogP contribution in [0.4, 0.5) is 18.9 Å². The van der Waals surface area contributed by atoms with Gasteiger partial charge in [-0.3, -0.25) is 9.40 Å². The zero-order valence-electron chi connectivity index (χ0n) is 12.4. The van der Waals surface area contributed by atoms with E-state index < -0.39 is 21.8 Å². The van der Waals surface area contributed by atoms with E-state index in [4.69, 9.17) is 0 Å². The zero-order valence-corrected chi connectivity index (χ0v) is 14.8. The fourth-order valence-corrected chi connectivity index (χ4v) is 4.12. The quantitative estimate of drug-likeness (QED) is 0.838. The molecule has 5 nitrogen and oxygen atoms in total. The molecule has 1 aromatic carbocycles. The van der Waals surface area contributed by atoms with Gasteiger partial charge in [-0.2, -0.15) is 18.3 Å². The van der Waals surface area contributed by atoms with E-state index in [0.29, 0.717) is 5.69 Å². The van der Waals surface area contributed by atoms with Crippen molar-refractivity contribution in [2.75, 3.05) is 4.72 Å². The van der Waals surface area contributed by atoms with Crippen molar-refractivity contribution in [2.24, 2.45) is 7.05 Å². The van der Waals surface area contributed by atoms with Gasteiger partial charge < -0.3 is 0 Å². The summed E-state index contributed by atoms with van der Waals surface area (Å²) in [6, 6.07) is 3.13. The molecule has 126 valence electrons. The van der Waals surface area contributed by atoms with Crippen LogP contribution in [0, 0.1) is 13.8 Å². The van der Waals surface area contributed by atoms with Crippen LogP contribution in [0.3, 0.4) is 0 Å². The molecule has 0 aliphatic rings. The van der Waals surface area contributed by atoms with Crippen LogP contribution in [0.2, 0.25) is 0 Å². The Morgan fingerprint density at radius 1 is 1.26 bits per heavy atom. The molecule has 2 rings (SSSR count). The lowest BCUT2D eigenvalue weighted by molar-refractivity contribution is -0.138. The lowest BCUT2D eigenvalue weighted by Gasteiger charge is -2.13. The summed E-state index contributed by atoms with van der Waals surface area (Å²) in [5.74, 6) is 0. The maximum absolute atomic E-state index is 12.9. The normalized spacial score (nSPS) is 12.5. The molecule has 0 amide bonds. The Kier molecular flexibility index (Phi) is 4.51. The van der Waals surface area contributed by atoms with Crippen LogP contribution in [-0.4, -0.2) is 18.2 Å². The Balaban J connectivity index is 2.46. The largest absolute Gasteiger partial charge is 0.417 e. The number of aryl methyl sites for hydroxylation is 2. The van der Waals surface area contributed by atoms with Gasteiger partial charge in [0.25, 0.3) is 10.0 Å². The Labute approximate surface area is 139 Å². The summed E-state index contributed by atoms with van der Waals surface area (Å²) >= 11 is 2.81. The summed E-state index contributed by atoms with van der Waals surface area (Å²) in [6.07, 6.45) is -4.60. The third-order valence-electron chi connectivity index (χ3n) is 3.24. The van der Waals surface area contributed by atoms with Crippen LogP contribution in [0.15, 0.2) is 27.6 Å². The predicted molar refractivity (Wildman–Crippen MR) is 82.6 cm³/mol. The van der Waals surface area contributed by atoms with Crippen molar-refractivity contribution in [2.45, 2.75) is 24.9 Å². The highest BCUT2D eigenvalue weighted by molar-refractivity contribution is 9.10. The number of benzene rings is 1. The average molecular weight is 412 g/mol. The molecule has 1 N–H and O–H groups in total. The van der Waals surface area contributed by atoms with Crippen molar-refractivity contribution in [1.82, 2.24) is 9.78 Å². The average Bonchev–Trinajstić information content (AvgIpc) is 2.64. The molecule has 10 heteroatoms. The molecule has 23 heavy (non-hydrogen) atoms. The highest BCUT2D eigenvalue weighted by atomic mass is 79.9. The molecule has 0 fully saturated rings. The molecule has 1 heterocycles. The van der Waals surface area contributed by atoms with Gasteiger partial charge in [-0.1, -0.05) is 15.9 Å². The number of alkyl halides is 3. The van der Waals surface area contributed by atoms with Gasteiger partial charge in [0, 0.05) is 17.2 Å². The van der Waals surface area contributed by atoms with Crippen LogP contribution in [-0.2, 0) is 23.2 Å². The molecule has 0 aliphatic heterocycles. The van der Waals surface area contributed by atoms with Gasteiger partial charge in [0.15, 0.2) is 0 Å². The van der Waals surface area contributed by atoms with Gasteiger partial charge >= 0.3 is 6.18 Å². The van der Waals surface area contributed by atoms with Gasteiger partial charge in [0.05, 0.1) is 17.0 Å². The molecule has 0 atom stereocenters. The van der Waals surface area contributed by atoms with Crippen LogP contribution >= 0.6 is 15.9 Å². The number of rotatable bonds is 3. The molecule has 0 bridgehead atoms. The molecule has 1 aromatic heterocycles. The summed E-state index contributed by atoms with van der Waals surface area (Å²) < 4.78 is 67.0. The molecule has 0 aliphatic carbocycles. The van der Waals surface area contributed by atoms with E-state index >= 15 is 0 Å². The molecule has 0 spiro atoms. The van der Waals surface area contributed by atoms with E-state index in [1.165, 1.54) is 17.7 Å². The second-order valence-electron chi connectivity index (χ2n) is 4.92. The van der Waals surface area contributed by atoms with E-state index in [2.05, 4.69) is 25.8 Å². The van der Waals surface area contributed by atoms with Gasteiger partial charge in [-0.05, 0) is 32.0 Å². The van der Waals surface area contributed by atoms with Crippen LogP contribution in [0.1, 0.15) is 17.0 Å². The minimum absolute atomic E-state index is 0.0449. The third-order valence-corrected chi connectivity index (χ3v) is 5.56. The number of sulfonamides is 1. The fraction of sp³-hybridized carbons (Fsp3) is 0.308. The number of aromatic nitrogens is 2. The van der Waals surface area contributed by atoms with E-state index in [1.807, 2.05) is 0 Å². The maximum atomic E-state index is 12.9. The standard InChI is InChI=1S/C13H13BrF3N3O2S/c1-7-12(8(2)20(3)18-7)23(21,22)19-9-4-5-11(14)10(6-9)13(15,16)17/h4-6,19H,1-3H3. The summed E-state index contributed by atoms with van der Waals surface area (Å²) in [4.78, 5) is -0.0449. The van der Waals surface area contributed by atoms with Crippen molar-refractivity contribution in [1.29, 1.82) is 0 Å². The lowest BCUT2D eigenvalue weighted by Crippen LogP contribution is -2.16. The third kappa shape index (κ3) is 3.52. The van der Waals surface area contributed by atoms with Gasteiger partial charge in [-0.15, -0.1) is 0 Å². The number of nitrogens with zero attached hydrogens (tertiary/aromatic N) is 2. The first-order valence-corrected chi connectivity index (χ1v) is 8.61. The Bertz CT molecular complexity index is 860. The summed E-state index contributed by atoms with van der Waals surface area (Å²) in [7, 11) is -2.46. The van der Waals surface area contributed by atoms with Crippen molar-refractivity contribution in [3.05, 3.63) is 39.6 Å². The molecule has 0 saturated heterocycles.